The average Bonchev–Trinajstić information content (AvgIpc) is 2.65. The Morgan fingerprint density at radius 2 is 1.80 bits per heavy atom. The summed E-state index contributed by atoms with van der Waals surface area (Å²) in [5, 5.41) is 2.68. The first kappa shape index (κ1) is 23.5. The van der Waals surface area contributed by atoms with E-state index >= 15 is 0 Å². The van der Waals surface area contributed by atoms with E-state index in [1.165, 1.54) is 6.07 Å². The van der Waals surface area contributed by atoms with Crippen LogP contribution in [0.25, 0.3) is 0 Å². The van der Waals surface area contributed by atoms with Crippen LogP contribution in [0, 0.1) is 0 Å². The van der Waals surface area contributed by atoms with Gasteiger partial charge < -0.3 is 10.1 Å². The van der Waals surface area contributed by atoms with E-state index in [1.54, 1.807) is 24.3 Å². The summed E-state index contributed by atoms with van der Waals surface area (Å²) in [4.78, 5) is 12.1. The fourth-order valence-electron chi connectivity index (χ4n) is 2.73. The van der Waals surface area contributed by atoms with Crippen LogP contribution in [-0.2, 0) is 21.0 Å². The molecule has 1 amide bonds. The lowest BCUT2D eigenvalue weighted by Crippen LogP contribution is -2.31. The number of benzene rings is 2. The summed E-state index contributed by atoms with van der Waals surface area (Å²) in [5.41, 5.74) is -0.484. The van der Waals surface area contributed by atoms with Crippen LogP contribution in [0.2, 0.25) is 0 Å². The van der Waals surface area contributed by atoms with Crippen LogP contribution in [0.15, 0.2) is 48.5 Å². The predicted molar refractivity (Wildman–Crippen MR) is 109 cm³/mol. The number of alkyl halides is 3. The molecule has 0 saturated carbocycles. The third-order valence-electron chi connectivity index (χ3n) is 4.08. The van der Waals surface area contributed by atoms with Crippen molar-refractivity contribution < 1.29 is 31.1 Å². The third-order valence-corrected chi connectivity index (χ3v) is 5.27. The highest BCUT2D eigenvalue weighted by Gasteiger charge is 2.31. The number of ether oxygens (including phenoxy) is 1. The van der Waals surface area contributed by atoms with E-state index in [4.69, 9.17) is 4.74 Å². The number of hydrogen-bond acceptors (Lipinski definition) is 4. The Morgan fingerprint density at radius 1 is 1.13 bits per heavy atom. The molecule has 2 aromatic carbocycles. The molecule has 0 fully saturated rings. The molecule has 0 bridgehead atoms. The average molecular weight is 444 g/mol. The largest absolute Gasteiger partial charge is 0.494 e. The Bertz CT molecular complexity index is 961. The first-order valence-corrected chi connectivity index (χ1v) is 11.0. The Hall–Kier alpha value is -2.75. The molecule has 0 saturated heterocycles. The van der Waals surface area contributed by atoms with Crippen molar-refractivity contribution in [2.24, 2.45) is 0 Å². The van der Waals surface area contributed by atoms with Crippen LogP contribution >= 0.6 is 0 Å². The molecule has 2 aromatic rings. The molecule has 10 heteroatoms. The van der Waals surface area contributed by atoms with Crippen molar-refractivity contribution in [3.63, 3.8) is 0 Å². The van der Waals surface area contributed by atoms with Gasteiger partial charge in [-0.3, -0.25) is 9.10 Å². The molecule has 0 atom stereocenters. The molecule has 6 nitrogen and oxygen atoms in total. The topological polar surface area (TPSA) is 75.7 Å². The number of carbonyl (C=O) groups is 1. The van der Waals surface area contributed by atoms with Gasteiger partial charge in [-0.15, -0.1) is 0 Å². The molecule has 2 rings (SSSR count). The number of carbonyl (C=O) groups excluding carboxylic acids is 1. The van der Waals surface area contributed by atoms with Gasteiger partial charge in [0.15, 0.2) is 0 Å². The second kappa shape index (κ2) is 9.84. The molecule has 0 aliphatic rings. The molecular weight excluding hydrogens is 421 g/mol. The normalized spacial score (nSPS) is 11.8. The molecule has 0 spiro atoms. The van der Waals surface area contributed by atoms with E-state index in [9.17, 15) is 26.4 Å². The van der Waals surface area contributed by atoms with Gasteiger partial charge in [0, 0.05) is 18.7 Å². The molecule has 0 unspecified atom stereocenters. The minimum Gasteiger partial charge on any atom is -0.494 e. The van der Waals surface area contributed by atoms with E-state index in [0.29, 0.717) is 18.0 Å². The lowest BCUT2D eigenvalue weighted by atomic mass is 10.2. The maximum atomic E-state index is 12.9. The maximum Gasteiger partial charge on any atom is 0.416 e. The molecule has 0 radical (unpaired) electrons. The highest BCUT2D eigenvalue weighted by atomic mass is 32.2. The van der Waals surface area contributed by atoms with E-state index in [0.717, 1.165) is 28.8 Å². The number of nitrogens with zero attached hydrogens (tertiary/aromatic N) is 1. The van der Waals surface area contributed by atoms with E-state index < -0.39 is 21.8 Å². The highest BCUT2D eigenvalue weighted by Crippen LogP contribution is 2.32. The second-order valence-corrected chi connectivity index (χ2v) is 8.40. The Balaban J connectivity index is 1.99. The number of rotatable bonds is 9. The Labute approximate surface area is 173 Å². The molecule has 0 aliphatic heterocycles. The minimum atomic E-state index is -4.59. The van der Waals surface area contributed by atoms with Crippen LogP contribution in [0.4, 0.5) is 24.5 Å². The molecule has 0 heterocycles. The summed E-state index contributed by atoms with van der Waals surface area (Å²) in [7, 11) is -3.83. The van der Waals surface area contributed by atoms with Gasteiger partial charge in [0.05, 0.1) is 24.1 Å². The smallest absolute Gasteiger partial charge is 0.416 e. The quantitative estimate of drug-likeness (QED) is 0.626. The lowest BCUT2D eigenvalue weighted by Gasteiger charge is -2.23. The van der Waals surface area contributed by atoms with E-state index in [1.807, 2.05) is 6.92 Å². The lowest BCUT2D eigenvalue weighted by molar-refractivity contribution is -0.137. The van der Waals surface area contributed by atoms with E-state index in [-0.39, 0.29) is 31.0 Å². The fourth-order valence-corrected chi connectivity index (χ4v) is 3.69. The third kappa shape index (κ3) is 6.94. The van der Waals surface area contributed by atoms with Crippen LogP contribution in [0.5, 0.6) is 5.75 Å². The maximum absolute atomic E-state index is 12.9. The fraction of sp³-hybridized carbons (Fsp3) is 0.350. The van der Waals surface area contributed by atoms with Gasteiger partial charge in [0.1, 0.15) is 5.75 Å². The monoisotopic (exact) mass is 444 g/mol. The first-order valence-electron chi connectivity index (χ1n) is 9.18. The van der Waals surface area contributed by atoms with Crippen LogP contribution in [0.3, 0.4) is 0 Å². The summed E-state index contributed by atoms with van der Waals surface area (Å²) in [6.07, 6.45) is -3.55. The molecule has 0 aliphatic carbocycles. The van der Waals surface area contributed by atoms with Crippen molar-refractivity contribution in [3.05, 3.63) is 54.1 Å². The van der Waals surface area contributed by atoms with Crippen molar-refractivity contribution >= 4 is 27.3 Å². The van der Waals surface area contributed by atoms with Crippen LogP contribution < -0.4 is 14.4 Å². The standard InChI is InChI=1S/C20H23F3N2O4S/c1-3-29-18-11-9-16(10-12-18)24-19(26)8-5-13-25(30(2,27)28)17-7-4-6-15(14-17)20(21,22)23/h4,6-7,9-12,14H,3,5,8,13H2,1-2H3,(H,24,26). The minimum absolute atomic E-state index is 0.00179. The molecule has 1 N–H and O–H groups in total. The second-order valence-electron chi connectivity index (χ2n) is 6.49. The Morgan fingerprint density at radius 3 is 2.37 bits per heavy atom. The number of sulfonamides is 1. The molecular formula is C20H23F3N2O4S. The van der Waals surface area contributed by atoms with Gasteiger partial charge in [-0.25, -0.2) is 8.42 Å². The number of halogens is 3. The van der Waals surface area contributed by atoms with Crippen molar-refractivity contribution in [3.8, 4) is 5.75 Å². The van der Waals surface area contributed by atoms with Gasteiger partial charge in [-0.2, -0.15) is 13.2 Å². The summed E-state index contributed by atoms with van der Waals surface area (Å²) >= 11 is 0. The summed E-state index contributed by atoms with van der Waals surface area (Å²) in [5.74, 6) is 0.331. The van der Waals surface area contributed by atoms with Crippen molar-refractivity contribution in [1.82, 2.24) is 0 Å². The van der Waals surface area contributed by atoms with Gasteiger partial charge in [0.2, 0.25) is 15.9 Å². The Kier molecular flexibility index (Phi) is 7.71. The zero-order chi connectivity index (χ0) is 22.4. The van der Waals surface area contributed by atoms with Crippen molar-refractivity contribution in [1.29, 1.82) is 0 Å². The summed E-state index contributed by atoms with van der Waals surface area (Å²) in [6, 6.07) is 10.8. The first-order chi connectivity index (χ1) is 14.0. The van der Waals surface area contributed by atoms with Crippen LogP contribution in [-0.4, -0.2) is 33.7 Å². The SMILES string of the molecule is CCOc1ccc(NC(=O)CCCN(c2cccc(C(F)(F)F)c2)S(C)(=O)=O)cc1. The van der Waals surface area contributed by atoms with Crippen LogP contribution in [0.1, 0.15) is 25.3 Å². The van der Waals surface area contributed by atoms with Gasteiger partial charge >= 0.3 is 6.18 Å². The van der Waals surface area contributed by atoms with Gasteiger partial charge in [0.25, 0.3) is 0 Å². The summed E-state index contributed by atoms with van der Waals surface area (Å²) in [6.45, 7) is 2.25. The van der Waals surface area contributed by atoms with Gasteiger partial charge in [-0.05, 0) is 55.8 Å². The molecule has 30 heavy (non-hydrogen) atoms. The van der Waals surface area contributed by atoms with Crippen molar-refractivity contribution in [2.75, 3.05) is 29.0 Å². The number of hydrogen-bond donors (Lipinski definition) is 1. The number of amides is 1. The zero-order valence-electron chi connectivity index (χ0n) is 16.6. The van der Waals surface area contributed by atoms with Crippen molar-refractivity contribution in [2.45, 2.75) is 25.9 Å². The molecule has 0 aromatic heterocycles. The number of anilines is 2. The molecule has 164 valence electrons. The zero-order valence-corrected chi connectivity index (χ0v) is 17.4. The highest BCUT2D eigenvalue weighted by molar-refractivity contribution is 7.92. The van der Waals surface area contributed by atoms with E-state index in [2.05, 4.69) is 5.32 Å². The number of nitrogens with one attached hydrogen (secondary N) is 1. The summed E-state index contributed by atoms with van der Waals surface area (Å²) < 4.78 is 69.1. The van der Waals surface area contributed by atoms with Gasteiger partial charge in [-0.1, -0.05) is 6.07 Å². The predicted octanol–water partition coefficient (Wildman–Crippen LogP) is 4.29.